The molecule has 21 heavy (non-hydrogen) atoms. The average Bonchev–Trinajstić information content (AvgIpc) is 2.36. The first kappa shape index (κ1) is 20.3. The van der Waals surface area contributed by atoms with E-state index in [9.17, 15) is 4.79 Å². The zero-order chi connectivity index (χ0) is 16.5. The number of hydrogen-bond acceptors (Lipinski definition) is 4. The van der Waals surface area contributed by atoms with Crippen LogP contribution < -0.4 is 10.6 Å². The molecule has 0 aliphatic carbocycles. The Balaban J connectivity index is 4.09. The third kappa shape index (κ3) is 9.82. The summed E-state index contributed by atoms with van der Waals surface area (Å²) in [6.45, 7) is 14.7. The molecule has 0 aliphatic rings. The molecule has 0 aromatic carbocycles. The van der Waals surface area contributed by atoms with Crippen LogP contribution in [0.4, 0.5) is 0 Å². The van der Waals surface area contributed by atoms with Gasteiger partial charge in [-0.2, -0.15) is 0 Å². The molecule has 0 bridgehead atoms. The summed E-state index contributed by atoms with van der Waals surface area (Å²) in [7, 11) is 1.62. The van der Waals surface area contributed by atoms with E-state index < -0.39 is 5.41 Å². The fourth-order valence-corrected chi connectivity index (χ4v) is 1.70. The molecule has 0 saturated heterocycles. The fourth-order valence-electron chi connectivity index (χ4n) is 1.70. The number of carbonyl (C=O) groups excluding carboxylic acids is 1. The highest BCUT2D eigenvalue weighted by Crippen LogP contribution is 2.22. The first-order chi connectivity index (χ1) is 9.60. The van der Waals surface area contributed by atoms with E-state index >= 15 is 0 Å². The van der Waals surface area contributed by atoms with Crippen molar-refractivity contribution < 1.29 is 14.3 Å². The van der Waals surface area contributed by atoms with Gasteiger partial charge in [-0.25, -0.2) is 0 Å². The quantitative estimate of drug-likeness (QED) is 0.573. The summed E-state index contributed by atoms with van der Waals surface area (Å²) in [5, 5.41) is 6.25. The van der Waals surface area contributed by atoms with E-state index in [1.807, 2.05) is 13.8 Å². The Morgan fingerprint density at radius 1 is 1.14 bits per heavy atom. The molecule has 5 nitrogen and oxygen atoms in total. The molecule has 0 spiro atoms. The van der Waals surface area contributed by atoms with Crippen molar-refractivity contribution in [3.63, 3.8) is 0 Å². The van der Waals surface area contributed by atoms with E-state index in [1.165, 1.54) is 0 Å². The highest BCUT2D eigenvalue weighted by atomic mass is 16.5. The molecule has 2 N–H and O–H groups in total. The minimum absolute atomic E-state index is 0.0428. The minimum Gasteiger partial charge on any atom is -0.383 e. The maximum absolute atomic E-state index is 12.1. The zero-order valence-corrected chi connectivity index (χ0v) is 14.8. The highest BCUT2D eigenvalue weighted by Gasteiger charge is 2.28. The van der Waals surface area contributed by atoms with Gasteiger partial charge in [-0.05, 0) is 20.3 Å². The lowest BCUT2D eigenvalue weighted by Crippen LogP contribution is -2.42. The molecule has 126 valence electrons. The minimum atomic E-state index is -0.435. The Hall–Kier alpha value is -0.650. The molecule has 0 fully saturated rings. The second-order valence-corrected chi connectivity index (χ2v) is 7.03. The van der Waals surface area contributed by atoms with Gasteiger partial charge in [0.25, 0.3) is 0 Å². The normalized spacial score (nSPS) is 12.8. The van der Waals surface area contributed by atoms with E-state index in [0.717, 1.165) is 6.54 Å². The topological polar surface area (TPSA) is 59.6 Å². The number of methoxy groups -OCH3 is 1. The second kappa shape index (κ2) is 9.38. The largest absolute Gasteiger partial charge is 0.383 e. The third-order valence-electron chi connectivity index (χ3n) is 3.36. The number of carbonyl (C=O) groups is 1. The van der Waals surface area contributed by atoms with Gasteiger partial charge in [-0.3, -0.25) is 4.79 Å². The van der Waals surface area contributed by atoms with Crippen molar-refractivity contribution in [3.05, 3.63) is 0 Å². The van der Waals surface area contributed by atoms with Crippen LogP contribution in [0.1, 0.15) is 48.0 Å². The second-order valence-electron chi connectivity index (χ2n) is 7.03. The Kier molecular flexibility index (Phi) is 9.09. The molecule has 0 aromatic rings. The van der Waals surface area contributed by atoms with Gasteiger partial charge in [0.1, 0.15) is 0 Å². The van der Waals surface area contributed by atoms with Crippen molar-refractivity contribution in [2.24, 2.45) is 5.41 Å². The van der Waals surface area contributed by atoms with Crippen LogP contribution in [0.3, 0.4) is 0 Å². The number of rotatable bonds is 11. The predicted octanol–water partition coefficient (Wildman–Crippen LogP) is 1.96. The van der Waals surface area contributed by atoms with Gasteiger partial charge in [0, 0.05) is 38.3 Å². The SMILES string of the molecule is COCCNC(=O)C(C)(C)CCOC(C)(C)CNC(C)C. The van der Waals surface area contributed by atoms with Gasteiger partial charge < -0.3 is 20.1 Å². The number of amides is 1. The van der Waals surface area contributed by atoms with E-state index in [0.29, 0.717) is 32.2 Å². The summed E-state index contributed by atoms with van der Waals surface area (Å²) < 4.78 is 10.9. The number of hydrogen-bond donors (Lipinski definition) is 2. The van der Waals surface area contributed by atoms with Gasteiger partial charge in [0.05, 0.1) is 12.2 Å². The van der Waals surface area contributed by atoms with Crippen LogP contribution in [0.2, 0.25) is 0 Å². The Morgan fingerprint density at radius 2 is 1.76 bits per heavy atom. The summed E-state index contributed by atoms with van der Waals surface area (Å²) in [6.07, 6.45) is 0.691. The molecule has 0 aliphatic heterocycles. The number of ether oxygens (including phenoxy) is 2. The molecular formula is C16H34N2O3. The first-order valence-corrected chi connectivity index (χ1v) is 7.75. The summed E-state index contributed by atoms with van der Waals surface area (Å²) >= 11 is 0. The smallest absolute Gasteiger partial charge is 0.225 e. The lowest BCUT2D eigenvalue weighted by atomic mass is 9.88. The van der Waals surface area contributed by atoms with Crippen molar-refractivity contribution >= 4 is 5.91 Å². The van der Waals surface area contributed by atoms with Crippen LogP contribution in [-0.4, -0.2) is 51.0 Å². The summed E-state index contributed by atoms with van der Waals surface area (Å²) in [4.78, 5) is 12.1. The lowest BCUT2D eigenvalue weighted by molar-refractivity contribution is -0.131. The van der Waals surface area contributed by atoms with Gasteiger partial charge in [0.15, 0.2) is 0 Å². The monoisotopic (exact) mass is 302 g/mol. The first-order valence-electron chi connectivity index (χ1n) is 7.75. The maximum Gasteiger partial charge on any atom is 0.225 e. The van der Waals surface area contributed by atoms with Crippen LogP contribution in [0, 0.1) is 5.41 Å². The van der Waals surface area contributed by atoms with Crippen molar-refractivity contribution in [2.75, 3.05) is 33.4 Å². The summed E-state index contributed by atoms with van der Waals surface area (Å²) in [6, 6.07) is 0.441. The lowest BCUT2D eigenvalue weighted by Gasteiger charge is -2.29. The molecule has 0 heterocycles. The zero-order valence-electron chi connectivity index (χ0n) is 14.8. The Bertz CT molecular complexity index is 302. The third-order valence-corrected chi connectivity index (χ3v) is 3.36. The molecule has 0 saturated carbocycles. The van der Waals surface area contributed by atoms with E-state index in [1.54, 1.807) is 7.11 Å². The molecule has 0 atom stereocenters. The van der Waals surface area contributed by atoms with E-state index in [-0.39, 0.29) is 11.5 Å². The molecule has 0 aromatic heterocycles. The molecule has 0 rings (SSSR count). The molecule has 5 heteroatoms. The van der Waals surface area contributed by atoms with Gasteiger partial charge in [-0.15, -0.1) is 0 Å². The Labute approximate surface area is 130 Å². The van der Waals surface area contributed by atoms with E-state index in [4.69, 9.17) is 9.47 Å². The van der Waals surface area contributed by atoms with Crippen LogP contribution in [-0.2, 0) is 14.3 Å². The van der Waals surface area contributed by atoms with Crippen molar-refractivity contribution in [1.29, 1.82) is 0 Å². The highest BCUT2D eigenvalue weighted by molar-refractivity contribution is 5.81. The van der Waals surface area contributed by atoms with Crippen LogP contribution in [0.15, 0.2) is 0 Å². The van der Waals surface area contributed by atoms with Gasteiger partial charge in [-0.1, -0.05) is 27.7 Å². The fraction of sp³-hybridized carbons (Fsp3) is 0.938. The maximum atomic E-state index is 12.1. The van der Waals surface area contributed by atoms with Crippen LogP contribution in [0.5, 0.6) is 0 Å². The van der Waals surface area contributed by atoms with Crippen LogP contribution >= 0.6 is 0 Å². The van der Waals surface area contributed by atoms with E-state index in [2.05, 4.69) is 38.3 Å². The number of nitrogens with one attached hydrogen (secondary N) is 2. The molecular weight excluding hydrogens is 268 g/mol. The Morgan fingerprint density at radius 3 is 2.29 bits per heavy atom. The van der Waals surface area contributed by atoms with Gasteiger partial charge in [0.2, 0.25) is 5.91 Å². The molecule has 0 unspecified atom stereocenters. The van der Waals surface area contributed by atoms with Gasteiger partial charge >= 0.3 is 0 Å². The predicted molar refractivity (Wildman–Crippen MR) is 86.5 cm³/mol. The van der Waals surface area contributed by atoms with Crippen molar-refractivity contribution in [1.82, 2.24) is 10.6 Å². The molecule has 1 amide bonds. The average molecular weight is 302 g/mol. The van der Waals surface area contributed by atoms with Crippen molar-refractivity contribution in [3.8, 4) is 0 Å². The summed E-state index contributed by atoms with van der Waals surface area (Å²) in [5.74, 6) is 0.0428. The summed E-state index contributed by atoms with van der Waals surface area (Å²) in [5.41, 5.74) is -0.665. The molecule has 0 radical (unpaired) electrons. The standard InChI is InChI=1S/C16H34N2O3/c1-13(2)18-12-16(5,6)21-10-8-15(3,4)14(19)17-9-11-20-7/h13,18H,8-12H2,1-7H3,(H,17,19). The van der Waals surface area contributed by atoms with Crippen molar-refractivity contribution in [2.45, 2.75) is 59.6 Å². The van der Waals surface area contributed by atoms with Crippen LogP contribution in [0.25, 0.3) is 0 Å².